The largest absolute Gasteiger partial charge is 0.340 e. The van der Waals surface area contributed by atoms with Gasteiger partial charge < -0.3 is 9.42 Å². The highest BCUT2D eigenvalue weighted by Gasteiger charge is 2.40. The standard InChI is InChI=1S/C18H18N6O2S/c25-18(14-8-13(21-22-14)15-2-1-7-27-15)24-9-12(10-24)17-20-16(23-26-17)11-3-5-19-6-4-11/h1-7,12-14,21-22H,8-10H2. The molecule has 3 aromatic rings. The zero-order valence-corrected chi connectivity index (χ0v) is 15.2. The minimum atomic E-state index is -0.201. The molecule has 9 heteroatoms. The van der Waals surface area contributed by atoms with E-state index in [4.69, 9.17) is 4.52 Å². The van der Waals surface area contributed by atoms with Crippen molar-refractivity contribution in [3.05, 3.63) is 52.8 Å². The van der Waals surface area contributed by atoms with Crippen LogP contribution in [0.25, 0.3) is 11.4 Å². The second-order valence-corrected chi connectivity index (χ2v) is 7.76. The molecule has 2 N–H and O–H groups in total. The van der Waals surface area contributed by atoms with Crippen molar-refractivity contribution >= 4 is 17.2 Å². The molecule has 1 amide bonds. The highest BCUT2D eigenvalue weighted by molar-refractivity contribution is 7.10. The molecule has 2 atom stereocenters. The van der Waals surface area contributed by atoms with E-state index in [-0.39, 0.29) is 23.9 Å². The van der Waals surface area contributed by atoms with Crippen LogP contribution in [0.5, 0.6) is 0 Å². The van der Waals surface area contributed by atoms with E-state index in [2.05, 4.69) is 37.4 Å². The number of nitrogens with one attached hydrogen (secondary N) is 2. The smallest absolute Gasteiger partial charge is 0.241 e. The lowest BCUT2D eigenvalue weighted by molar-refractivity contribution is -0.138. The summed E-state index contributed by atoms with van der Waals surface area (Å²) in [5, 5.41) is 6.09. The number of aromatic nitrogens is 3. The quantitative estimate of drug-likeness (QED) is 0.709. The Morgan fingerprint density at radius 1 is 1.22 bits per heavy atom. The molecule has 0 spiro atoms. The third-order valence-corrected chi connectivity index (χ3v) is 6.00. The fourth-order valence-electron chi connectivity index (χ4n) is 3.45. The molecule has 0 saturated carbocycles. The number of carbonyl (C=O) groups excluding carboxylic acids is 1. The van der Waals surface area contributed by atoms with Gasteiger partial charge in [0.05, 0.1) is 12.0 Å². The van der Waals surface area contributed by atoms with Crippen LogP contribution in [0.1, 0.15) is 29.1 Å². The molecular weight excluding hydrogens is 364 g/mol. The van der Waals surface area contributed by atoms with Crippen molar-refractivity contribution in [2.75, 3.05) is 13.1 Å². The van der Waals surface area contributed by atoms with E-state index in [1.165, 1.54) is 4.88 Å². The van der Waals surface area contributed by atoms with Crippen molar-refractivity contribution in [1.82, 2.24) is 30.9 Å². The Morgan fingerprint density at radius 2 is 2.07 bits per heavy atom. The van der Waals surface area contributed by atoms with Gasteiger partial charge in [-0.25, -0.2) is 10.9 Å². The molecule has 0 bridgehead atoms. The van der Waals surface area contributed by atoms with Gasteiger partial charge in [0.25, 0.3) is 0 Å². The van der Waals surface area contributed by atoms with E-state index in [0.29, 0.717) is 24.8 Å². The molecule has 8 nitrogen and oxygen atoms in total. The Bertz CT molecular complexity index is 923. The van der Waals surface area contributed by atoms with Gasteiger partial charge >= 0.3 is 0 Å². The van der Waals surface area contributed by atoms with Crippen LogP contribution in [0.3, 0.4) is 0 Å². The fraction of sp³-hybridized carbons (Fsp3) is 0.333. The van der Waals surface area contributed by atoms with Gasteiger partial charge in [-0.15, -0.1) is 11.3 Å². The zero-order chi connectivity index (χ0) is 18.2. The van der Waals surface area contributed by atoms with Gasteiger partial charge in [-0.05, 0) is 30.0 Å². The molecule has 138 valence electrons. The molecule has 2 aliphatic rings. The van der Waals surface area contributed by atoms with E-state index in [1.54, 1.807) is 23.7 Å². The Balaban J connectivity index is 1.18. The van der Waals surface area contributed by atoms with Gasteiger partial charge in [-0.1, -0.05) is 11.2 Å². The van der Waals surface area contributed by atoms with Crippen molar-refractivity contribution in [2.24, 2.45) is 0 Å². The number of amides is 1. The molecular formula is C18H18N6O2S. The Morgan fingerprint density at radius 3 is 2.85 bits per heavy atom. The van der Waals surface area contributed by atoms with Crippen LogP contribution in [0.15, 0.2) is 46.6 Å². The number of thiophene rings is 1. The first kappa shape index (κ1) is 16.5. The normalized spacial score (nSPS) is 22.7. The van der Waals surface area contributed by atoms with Crippen molar-refractivity contribution in [3.8, 4) is 11.4 Å². The van der Waals surface area contributed by atoms with Gasteiger partial charge in [0.1, 0.15) is 6.04 Å². The summed E-state index contributed by atoms with van der Waals surface area (Å²) in [5.41, 5.74) is 7.23. The summed E-state index contributed by atoms with van der Waals surface area (Å²) in [6, 6.07) is 7.79. The number of nitrogens with zero attached hydrogens (tertiary/aromatic N) is 4. The zero-order valence-electron chi connectivity index (χ0n) is 14.4. The maximum atomic E-state index is 12.7. The highest BCUT2D eigenvalue weighted by Crippen LogP contribution is 2.31. The summed E-state index contributed by atoms with van der Waals surface area (Å²) >= 11 is 1.70. The molecule has 0 aromatic carbocycles. The summed E-state index contributed by atoms with van der Waals surface area (Å²) in [6.45, 7) is 1.22. The van der Waals surface area contributed by atoms with Crippen LogP contribution in [-0.4, -0.2) is 45.1 Å². The predicted molar refractivity (Wildman–Crippen MR) is 98.6 cm³/mol. The summed E-state index contributed by atoms with van der Waals surface area (Å²) in [6.07, 6.45) is 4.15. The predicted octanol–water partition coefficient (Wildman–Crippen LogP) is 1.73. The van der Waals surface area contributed by atoms with Crippen LogP contribution >= 0.6 is 11.3 Å². The van der Waals surface area contributed by atoms with Crippen molar-refractivity contribution < 1.29 is 9.32 Å². The van der Waals surface area contributed by atoms with E-state index in [0.717, 1.165) is 12.0 Å². The van der Waals surface area contributed by atoms with Crippen molar-refractivity contribution in [1.29, 1.82) is 0 Å². The summed E-state index contributed by atoms with van der Waals surface area (Å²) in [5.74, 6) is 1.35. The first-order valence-electron chi connectivity index (χ1n) is 8.85. The fourth-order valence-corrected chi connectivity index (χ4v) is 4.24. The van der Waals surface area contributed by atoms with Gasteiger partial charge in [-0.3, -0.25) is 9.78 Å². The van der Waals surface area contributed by atoms with Crippen molar-refractivity contribution in [2.45, 2.75) is 24.4 Å². The lowest BCUT2D eigenvalue weighted by Gasteiger charge is -2.38. The topological polar surface area (TPSA) is 96.2 Å². The summed E-state index contributed by atoms with van der Waals surface area (Å²) < 4.78 is 5.40. The van der Waals surface area contributed by atoms with Crippen molar-refractivity contribution in [3.63, 3.8) is 0 Å². The van der Waals surface area contributed by atoms with E-state index < -0.39 is 0 Å². The molecule has 0 radical (unpaired) electrons. The Kier molecular flexibility index (Phi) is 4.19. The minimum Gasteiger partial charge on any atom is -0.340 e. The second-order valence-electron chi connectivity index (χ2n) is 6.78. The molecule has 0 aliphatic carbocycles. The number of pyridine rings is 1. The number of hydrogen-bond acceptors (Lipinski definition) is 8. The molecule has 2 saturated heterocycles. The molecule has 3 aromatic heterocycles. The third-order valence-electron chi connectivity index (χ3n) is 5.01. The number of hydrogen-bond donors (Lipinski definition) is 2. The minimum absolute atomic E-state index is 0.0968. The van der Waals surface area contributed by atoms with Crippen LogP contribution in [0, 0.1) is 0 Å². The summed E-state index contributed by atoms with van der Waals surface area (Å²) in [7, 11) is 0. The lowest BCUT2D eigenvalue weighted by Crippen LogP contribution is -2.54. The maximum absolute atomic E-state index is 12.7. The average Bonchev–Trinajstić information content (AvgIpc) is 3.41. The number of rotatable bonds is 4. The number of carbonyl (C=O) groups is 1. The second kappa shape index (κ2) is 6.84. The number of likely N-dealkylation sites (tertiary alicyclic amines) is 1. The van der Waals surface area contributed by atoms with Crippen LogP contribution in [0.4, 0.5) is 0 Å². The Labute approximate surface area is 159 Å². The summed E-state index contributed by atoms with van der Waals surface area (Å²) in [4.78, 5) is 24.2. The maximum Gasteiger partial charge on any atom is 0.241 e. The van der Waals surface area contributed by atoms with Gasteiger partial charge in [0.15, 0.2) is 0 Å². The molecule has 5 rings (SSSR count). The molecule has 2 fully saturated rings. The SMILES string of the molecule is O=C(C1CC(c2cccs2)NN1)N1CC(c2nc(-c3ccncc3)no2)C1. The van der Waals surface area contributed by atoms with Gasteiger partial charge in [0, 0.05) is 35.9 Å². The highest BCUT2D eigenvalue weighted by atomic mass is 32.1. The van der Waals surface area contributed by atoms with E-state index in [1.807, 2.05) is 23.1 Å². The first-order valence-corrected chi connectivity index (χ1v) is 9.73. The first-order chi connectivity index (χ1) is 13.3. The number of hydrazine groups is 1. The van der Waals surface area contributed by atoms with E-state index >= 15 is 0 Å². The lowest BCUT2D eigenvalue weighted by atomic mass is 9.98. The Hall–Kier alpha value is -2.62. The molecule has 27 heavy (non-hydrogen) atoms. The van der Waals surface area contributed by atoms with Gasteiger partial charge in [-0.2, -0.15) is 4.98 Å². The average molecular weight is 382 g/mol. The molecule has 2 unspecified atom stereocenters. The van der Waals surface area contributed by atoms with Crippen LogP contribution < -0.4 is 10.9 Å². The molecule has 2 aliphatic heterocycles. The van der Waals surface area contributed by atoms with Crippen LogP contribution in [-0.2, 0) is 4.79 Å². The van der Waals surface area contributed by atoms with E-state index in [9.17, 15) is 4.79 Å². The van der Waals surface area contributed by atoms with Gasteiger partial charge in [0.2, 0.25) is 17.6 Å². The van der Waals surface area contributed by atoms with Crippen LogP contribution in [0.2, 0.25) is 0 Å². The molecule has 5 heterocycles. The monoisotopic (exact) mass is 382 g/mol. The third kappa shape index (κ3) is 3.14.